The van der Waals surface area contributed by atoms with Crippen molar-refractivity contribution in [2.75, 3.05) is 11.9 Å². The fourth-order valence-corrected chi connectivity index (χ4v) is 4.57. The van der Waals surface area contributed by atoms with Gasteiger partial charge in [0.25, 0.3) is 5.91 Å². The number of carbonyl (C=O) groups excluding carboxylic acids is 2. The molecule has 0 saturated heterocycles. The van der Waals surface area contributed by atoms with Crippen molar-refractivity contribution < 1.29 is 9.59 Å². The number of anilines is 1. The molecular weight excluding hydrogens is 436 g/mol. The highest BCUT2D eigenvalue weighted by Crippen LogP contribution is 2.43. The number of rotatable bonds is 5. The summed E-state index contributed by atoms with van der Waals surface area (Å²) in [6.45, 7) is 4.57. The highest BCUT2D eigenvalue weighted by atomic mass is 35.5. The van der Waals surface area contributed by atoms with Crippen molar-refractivity contribution in [1.29, 1.82) is 5.26 Å². The van der Waals surface area contributed by atoms with Crippen molar-refractivity contribution in [2.24, 2.45) is 5.92 Å². The molecule has 0 radical (unpaired) electrons. The number of benzene rings is 2. The summed E-state index contributed by atoms with van der Waals surface area (Å²) in [5, 5.41) is 12.5. The molecule has 6 nitrogen and oxygen atoms in total. The molecule has 166 valence electrons. The normalized spacial score (nSPS) is 17.4. The first kappa shape index (κ1) is 22.5. The van der Waals surface area contributed by atoms with E-state index in [2.05, 4.69) is 10.3 Å². The number of nitriles is 1. The van der Waals surface area contributed by atoms with Crippen LogP contribution < -0.4 is 5.32 Å². The molecule has 0 bridgehead atoms. The second kappa shape index (κ2) is 9.43. The minimum absolute atomic E-state index is 0.105. The summed E-state index contributed by atoms with van der Waals surface area (Å²) in [5.74, 6) is -0.866. The predicted molar refractivity (Wildman–Crippen MR) is 127 cm³/mol. The lowest BCUT2D eigenvalue weighted by molar-refractivity contribution is -0.119. The molecule has 2 amide bonds. The summed E-state index contributed by atoms with van der Waals surface area (Å²) in [6.07, 6.45) is 3.37. The first-order valence-electron chi connectivity index (χ1n) is 10.7. The zero-order valence-electron chi connectivity index (χ0n) is 18.3. The monoisotopic (exact) mass is 458 g/mol. The molecule has 4 rings (SSSR count). The highest BCUT2D eigenvalue weighted by molar-refractivity contribution is 6.31. The van der Waals surface area contributed by atoms with Crippen molar-refractivity contribution in [2.45, 2.75) is 25.8 Å². The SMILES string of the molecule is CC(C)CN1C(=O)c2ccccc2[C@H](C(=O)Nc2cc(Cl)cc(C#N)c2)[C@H]1c1cccnc1. The van der Waals surface area contributed by atoms with Gasteiger partial charge in [-0.15, -0.1) is 0 Å². The van der Waals surface area contributed by atoms with Crippen molar-refractivity contribution >= 4 is 29.1 Å². The molecule has 2 heterocycles. The summed E-state index contributed by atoms with van der Waals surface area (Å²) < 4.78 is 0. The predicted octanol–water partition coefficient (Wildman–Crippen LogP) is 5.18. The molecule has 0 aliphatic carbocycles. The Morgan fingerprint density at radius 1 is 1.21 bits per heavy atom. The number of amides is 2. The third kappa shape index (κ3) is 4.59. The quantitative estimate of drug-likeness (QED) is 0.570. The summed E-state index contributed by atoms with van der Waals surface area (Å²) in [4.78, 5) is 33.3. The van der Waals surface area contributed by atoms with E-state index in [0.29, 0.717) is 33.9 Å². The number of nitrogens with one attached hydrogen (secondary N) is 1. The van der Waals surface area contributed by atoms with Gasteiger partial charge in [-0.2, -0.15) is 5.26 Å². The zero-order chi connectivity index (χ0) is 23.5. The van der Waals surface area contributed by atoms with Crippen LogP contribution in [0.2, 0.25) is 5.02 Å². The van der Waals surface area contributed by atoms with Crippen LogP contribution in [0.3, 0.4) is 0 Å². The molecule has 0 saturated carbocycles. The van der Waals surface area contributed by atoms with Crippen LogP contribution in [-0.4, -0.2) is 28.2 Å². The van der Waals surface area contributed by atoms with E-state index in [9.17, 15) is 14.9 Å². The lowest BCUT2D eigenvalue weighted by atomic mass is 9.79. The van der Waals surface area contributed by atoms with Crippen LogP contribution in [0.4, 0.5) is 5.69 Å². The van der Waals surface area contributed by atoms with Gasteiger partial charge >= 0.3 is 0 Å². The van der Waals surface area contributed by atoms with Crippen molar-refractivity contribution in [1.82, 2.24) is 9.88 Å². The fourth-order valence-electron chi connectivity index (χ4n) is 4.34. The van der Waals surface area contributed by atoms with E-state index in [4.69, 9.17) is 11.6 Å². The Bertz CT molecular complexity index is 1240. The molecule has 2 aromatic carbocycles. The number of halogens is 1. The van der Waals surface area contributed by atoms with Gasteiger partial charge in [-0.25, -0.2) is 0 Å². The number of hydrogen-bond donors (Lipinski definition) is 1. The fraction of sp³-hybridized carbons (Fsp3) is 0.231. The van der Waals surface area contributed by atoms with Crippen LogP contribution >= 0.6 is 11.6 Å². The standard InChI is InChI=1S/C26H23ClN4O2/c1-16(2)15-31-24(18-6-5-9-29-14-18)23(21-7-3-4-8-22(21)26(31)33)25(32)30-20-11-17(13-28)10-19(27)12-20/h3-12,14,16,23-24H,15H2,1-2H3,(H,30,32)/t23-,24+/m0/s1. The third-order valence-corrected chi connectivity index (χ3v) is 5.82. The van der Waals surface area contributed by atoms with Crippen LogP contribution in [0, 0.1) is 17.2 Å². The second-order valence-corrected chi connectivity index (χ2v) is 8.91. The van der Waals surface area contributed by atoms with E-state index in [1.165, 1.54) is 6.07 Å². The Hall–Kier alpha value is -3.69. The van der Waals surface area contributed by atoms with Crippen molar-refractivity contribution in [3.8, 4) is 6.07 Å². The maximum absolute atomic E-state index is 13.8. The van der Waals surface area contributed by atoms with Gasteiger partial charge in [-0.1, -0.05) is 49.7 Å². The average molecular weight is 459 g/mol. The molecule has 33 heavy (non-hydrogen) atoms. The topological polar surface area (TPSA) is 86.1 Å². The minimum atomic E-state index is -0.675. The molecule has 1 aliphatic rings. The zero-order valence-corrected chi connectivity index (χ0v) is 19.1. The third-order valence-electron chi connectivity index (χ3n) is 5.60. The summed E-state index contributed by atoms with van der Waals surface area (Å²) in [7, 11) is 0. The Balaban J connectivity index is 1.84. The lowest BCUT2D eigenvalue weighted by Gasteiger charge is -2.42. The van der Waals surface area contributed by atoms with Gasteiger partial charge in [0, 0.05) is 35.2 Å². The maximum Gasteiger partial charge on any atom is 0.254 e. The second-order valence-electron chi connectivity index (χ2n) is 8.48. The van der Waals surface area contributed by atoms with E-state index in [-0.39, 0.29) is 17.7 Å². The average Bonchev–Trinajstić information content (AvgIpc) is 2.80. The summed E-state index contributed by atoms with van der Waals surface area (Å²) in [6, 6.07) is 17.2. The molecule has 0 fully saturated rings. The van der Waals surface area contributed by atoms with E-state index in [0.717, 1.165) is 5.56 Å². The van der Waals surface area contributed by atoms with Crippen LogP contribution in [0.1, 0.15) is 52.9 Å². The largest absolute Gasteiger partial charge is 0.330 e. The number of nitrogens with zero attached hydrogens (tertiary/aromatic N) is 3. The van der Waals surface area contributed by atoms with Gasteiger partial charge in [-0.05, 0) is 47.4 Å². The van der Waals surface area contributed by atoms with Crippen LogP contribution in [0.25, 0.3) is 0 Å². The number of aromatic nitrogens is 1. The lowest BCUT2D eigenvalue weighted by Crippen LogP contribution is -2.47. The van der Waals surface area contributed by atoms with Crippen LogP contribution in [0.5, 0.6) is 0 Å². The molecule has 1 N–H and O–H groups in total. The molecule has 0 unspecified atom stereocenters. The van der Waals surface area contributed by atoms with E-state index in [1.807, 2.05) is 38.1 Å². The Morgan fingerprint density at radius 2 is 2.00 bits per heavy atom. The molecule has 2 atom stereocenters. The molecule has 0 spiro atoms. The Morgan fingerprint density at radius 3 is 2.70 bits per heavy atom. The maximum atomic E-state index is 13.8. The summed E-state index contributed by atoms with van der Waals surface area (Å²) in [5.41, 5.74) is 2.74. The minimum Gasteiger partial charge on any atom is -0.330 e. The van der Waals surface area contributed by atoms with E-state index in [1.54, 1.807) is 47.6 Å². The first-order chi connectivity index (χ1) is 15.9. The highest BCUT2D eigenvalue weighted by Gasteiger charge is 2.44. The Kier molecular flexibility index (Phi) is 6.43. The van der Waals surface area contributed by atoms with Gasteiger partial charge in [0.2, 0.25) is 5.91 Å². The molecule has 1 aliphatic heterocycles. The van der Waals surface area contributed by atoms with Gasteiger partial charge in [0.15, 0.2) is 0 Å². The molecule has 7 heteroatoms. The Labute approximate surface area is 197 Å². The van der Waals surface area contributed by atoms with Crippen LogP contribution in [-0.2, 0) is 4.79 Å². The molecule has 3 aromatic rings. The van der Waals surface area contributed by atoms with Gasteiger partial charge in [0.05, 0.1) is 23.6 Å². The molecule has 1 aromatic heterocycles. The number of carbonyl (C=O) groups is 2. The van der Waals surface area contributed by atoms with Crippen LogP contribution in [0.15, 0.2) is 67.0 Å². The van der Waals surface area contributed by atoms with E-state index >= 15 is 0 Å². The van der Waals surface area contributed by atoms with Gasteiger partial charge < -0.3 is 10.2 Å². The van der Waals surface area contributed by atoms with Crippen molar-refractivity contribution in [3.63, 3.8) is 0 Å². The first-order valence-corrected chi connectivity index (χ1v) is 11.1. The summed E-state index contributed by atoms with van der Waals surface area (Å²) >= 11 is 6.14. The van der Waals surface area contributed by atoms with E-state index < -0.39 is 12.0 Å². The molecular formula is C26H23ClN4O2. The number of hydrogen-bond acceptors (Lipinski definition) is 4. The number of fused-ring (bicyclic) bond motifs is 1. The van der Waals surface area contributed by atoms with Gasteiger partial charge in [-0.3, -0.25) is 14.6 Å². The smallest absolute Gasteiger partial charge is 0.254 e. The number of pyridine rings is 1. The van der Waals surface area contributed by atoms with Gasteiger partial charge in [0.1, 0.15) is 0 Å². The van der Waals surface area contributed by atoms with Crippen molar-refractivity contribution in [3.05, 3.63) is 94.3 Å².